The number of carbonyl (C=O) groups excluding carboxylic acids is 2. The highest BCUT2D eigenvalue weighted by atomic mass is 19.1. The zero-order valence-electron chi connectivity index (χ0n) is 18.7. The van der Waals surface area contributed by atoms with Crippen LogP contribution in [0.2, 0.25) is 0 Å². The normalized spacial score (nSPS) is 17.1. The van der Waals surface area contributed by atoms with E-state index >= 15 is 0 Å². The third-order valence-electron chi connectivity index (χ3n) is 6.11. The van der Waals surface area contributed by atoms with E-state index in [9.17, 15) is 14.0 Å². The van der Waals surface area contributed by atoms with Gasteiger partial charge in [-0.25, -0.2) is 9.07 Å². The molecule has 6 nitrogen and oxygen atoms in total. The van der Waals surface area contributed by atoms with Gasteiger partial charge in [0.05, 0.1) is 11.4 Å². The van der Waals surface area contributed by atoms with Crippen molar-refractivity contribution in [2.24, 2.45) is 0 Å². The summed E-state index contributed by atoms with van der Waals surface area (Å²) in [5.41, 5.74) is 4.49. The second kappa shape index (κ2) is 8.59. The lowest BCUT2D eigenvalue weighted by Gasteiger charge is -2.32. The van der Waals surface area contributed by atoms with Crippen molar-refractivity contribution >= 4 is 17.6 Å². The quantitative estimate of drug-likeness (QED) is 0.476. The summed E-state index contributed by atoms with van der Waals surface area (Å²) in [7, 11) is 0. The van der Waals surface area contributed by atoms with Crippen molar-refractivity contribution in [3.05, 3.63) is 113 Å². The van der Waals surface area contributed by atoms with Crippen LogP contribution in [0, 0.1) is 19.7 Å². The molecule has 34 heavy (non-hydrogen) atoms. The van der Waals surface area contributed by atoms with Gasteiger partial charge in [-0.3, -0.25) is 9.59 Å². The molecule has 2 N–H and O–H groups in total. The number of nitrogens with one attached hydrogen (secondary N) is 2. The molecule has 170 valence electrons. The van der Waals surface area contributed by atoms with Gasteiger partial charge in [0, 0.05) is 17.0 Å². The number of hydrogen-bond donors (Lipinski definition) is 2. The minimum atomic E-state index is -0.904. The maximum absolute atomic E-state index is 13.7. The highest BCUT2D eigenvalue weighted by molar-refractivity contribution is 6.04. The number of benzene rings is 3. The summed E-state index contributed by atoms with van der Waals surface area (Å²) in [6.45, 7) is 3.81. The molecule has 1 aliphatic heterocycles. The van der Waals surface area contributed by atoms with Crippen molar-refractivity contribution in [1.82, 2.24) is 15.1 Å². The van der Waals surface area contributed by atoms with E-state index in [1.165, 1.54) is 12.1 Å². The number of para-hydroxylation sites is 1. The van der Waals surface area contributed by atoms with Crippen LogP contribution in [0.4, 0.5) is 10.2 Å². The number of rotatable bonds is 4. The monoisotopic (exact) mass is 454 g/mol. The van der Waals surface area contributed by atoms with Gasteiger partial charge in [-0.15, -0.1) is 0 Å². The summed E-state index contributed by atoms with van der Waals surface area (Å²) in [6.07, 6.45) is 0. The molecule has 2 heterocycles. The molecule has 0 spiro atoms. The molecule has 7 heteroatoms. The number of aryl methyl sites for hydroxylation is 2. The van der Waals surface area contributed by atoms with Crippen LogP contribution in [0.3, 0.4) is 0 Å². The SMILES string of the molecule is Cc1ccc(C(=O)N[C@@H]2C(=O)Nc3c(c(C)nn3-c3ccccc3)[C@H]2c2ccc(F)cc2)cc1. The first kappa shape index (κ1) is 21.6. The van der Waals surface area contributed by atoms with E-state index < -0.39 is 12.0 Å². The van der Waals surface area contributed by atoms with E-state index in [0.29, 0.717) is 22.6 Å². The summed E-state index contributed by atoms with van der Waals surface area (Å²) in [5.74, 6) is -1.09. The van der Waals surface area contributed by atoms with Crippen molar-refractivity contribution in [3.63, 3.8) is 0 Å². The van der Waals surface area contributed by atoms with Gasteiger partial charge in [-0.1, -0.05) is 48.0 Å². The van der Waals surface area contributed by atoms with Crippen molar-refractivity contribution in [1.29, 1.82) is 0 Å². The van der Waals surface area contributed by atoms with E-state index in [1.54, 1.807) is 28.9 Å². The first-order chi connectivity index (χ1) is 16.4. The van der Waals surface area contributed by atoms with Crippen molar-refractivity contribution in [2.75, 3.05) is 5.32 Å². The predicted molar refractivity (Wildman–Crippen MR) is 128 cm³/mol. The van der Waals surface area contributed by atoms with Gasteiger partial charge in [-0.05, 0) is 55.8 Å². The molecule has 0 radical (unpaired) electrons. The Balaban J connectivity index is 1.61. The van der Waals surface area contributed by atoms with Gasteiger partial charge in [0.25, 0.3) is 5.91 Å². The molecule has 1 aliphatic rings. The molecular formula is C27H23FN4O2. The summed E-state index contributed by atoms with van der Waals surface area (Å²) in [5, 5.41) is 10.5. The fourth-order valence-electron chi connectivity index (χ4n) is 4.41. The Bertz CT molecular complexity index is 1360. The molecule has 0 saturated carbocycles. The topological polar surface area (TPSA) is 76.0 Å². The predicted octanol–water partition coefficient (Wildman–Crippen LogP) is 4.51. The van der Waals surface area contributed by atoms with E-state index in [1.807, 2.05) is 56.3 Å². The third kappa shape index (κ3) is 3.85. The number of hydrogen-bond acceptors (Lipinski definition) is 3. The Morgan fingerprint density at radius 1 is 0.971 bits per heavy atom. The van der Waals surface area contributed by atoms with Crippen molar-refractivity contribution in [2.45, 2.75) is 25.8 Å². The summed E-state index contributed by atoms with van der Waals surface area (Å²) >= 11 is 0. The molecule has 0 fully saturated rings. The third-order valence-corrected chi connectivity index (χ3v) is 6.11. The number of aromatic nitrogens is 2. The molecule has 0 saturated heterocycles. The van der Waals surface area contributed by atoms with Gasteiger partial charge in [0.2, 0.25) is 5.91 Å². The Hall–Kier alpha value is -4.26. The molecule has 3 aromatic carbocycles. The number of amides is 2. The largest absolute Gasteiger partial charge is 0.339 e. The smallest absolute Gasteiger partial charge is 0.251 e. The second-order valence-electron chi connectivity index (χ2n) is 8.43. The fraction of sp³-hybridized carbons (Fsp3) is 0.148. The molecule has 5 rings (SSSR count). The first-order valence-corrected chi connectivity index (χ1v) is 11.0. The van der Waals surface area contributed by atoms with Crippen LogP contribution >= 0.6 is 0 Å². The Labute approximate surface area is 196 Å². The number of nitrogens with zero attached hydrogens (tertiary/aromatic N) is 2. The summed E-state index contributed by atoms with van der Waals surface area (Å²) < 4.78 is 15.4. The molecule has 2 amide bonds. The minimum absolute atomic E-state index is 0.358. The molecule has 2 atom stereocenters. The van der Waals surface area contributed by atoms with Crippen LogP contribution in [0.5, 0.6) is 0 Å². The average molecular weight is 455 g/mol. The van der Waals surface area contributed by atoms with Crippen molar-refractivity contribution in [3.8, 4) is 5.69 Å². The average Bonchev–Trinajstić information content (AvgIpc) is 3.17. The van der Waals surface area contributed by atoms with Gasteiger partial charge < -0.3 is 10.6 Å². The highest BCUT2D eigenvalue weighted by Crippen LogP contribution is 2.40. The lowest BCUT2D eigenvalue weighted by Crippen LogP contribution is -2.50. The maximum atomic E-state index is 13.7. The zero-order chi connectivity index (χ0) is 23.8. The standard InChI is InChI=1S/C27H23FN4O2/c1-16-8-10-19(11-9-16)26(33)29-24-23(18-12-14-20(28)15-13-18)22-17(2)31-32(25(22)30-27(24)34)21-6-4-3-5-7-21/h3-15,23-24H,1-2H3,(H,29,33)(H,30,34)/t23-,24+/m1/s1. The van der Waals surface area contributed by atoms with Gasteiger partial charge in [-0.2, -0.15) is 5.10 Å². The van der Waals surface area contributed by atoms with Gasteiger partial charge >= 0.3 is 0 Å². The molecule has 0 aliphatic carbocycles. The van der Waals surface area contributed by atoms with E-state index in [4.69, 9.17) is 0 Å². The molecular weight excluding hydrogens is 431 g/mol. The van der Waals surface area contributed by atoms with E-state index in [2.05, 4.69) is 15.7 Å². The summed E-state index contributed by atoms with van der Waals surface area (Å²) in [4.78, 5) is 26.4. The maximum Gasteiger partial charge on any atom is 0.251 e. The Morgan fingerprint density at radius 3 is 2.32 bits per heavy atom. The molecule has 0 bridgehead atoms. The van der Waals surface area contributed by atoms with Crippen LogP contribution in [0.25, 0.3) is 5.69 Å². The minimum Gasteiger partial charge on any atom is -0.339 e. The van der Waals surface area contributed by atoms with Gasteiger partial charge in [0.15, 0.2) is 0 Å². The second-order valence-corrected chi connectivity index (χ2v) is 8.43. The lowest BCUT2D eigenvalue weighted by molar-refractivity contribution is -0.118. The van der Waals surface area contributed by atoms with Crippen LogP contribution < -0.4 is 10.6 Å². The number of fused-ring (bicyclic) bond motifs is 1. The van der Waals surface area contributed by atoms with Crippen LogP contribution in [-0.2, 0) is 4.79 Å². The van der Waals surface area contributed by atoms with Crippen LogP contribution in [0.15, 0.2) is 78.9 Å². The molecule has 4 aromatic rings. The molecule has 1 aromatic heterocycles. The van der Waals surface area contributed by atoms with E-state index in [-0.39, 0.29) is 17.6 Å². The number of carbonyl (C=O) groups is 2. The van der Waals surface area contributed by atoms with Crippen LogP contribution in [0.1, 0.15) is 38.7 Å². The highest BCUT2D eigenvalue weighted by Gasteiger charge is 2.41. The fourth-order valence-corrected chi connectivity index (χ4v) is 4.41. The van der Waals surface area contributed by atoms with Gasteiger partial charge in [0.1, 0.15) is 17.7 Å². The Kier molecular flexibility index (Phi) is 5.45. The number of anilines is 1. The van der Waals surface area contributed by atoms with Crippen molar-refractivity contribution < 1.29 is 14.0 Å². The Morgan fingerprint density at radius 2 is 1.65 bits per heavy atom. The number of halogens is 1. The van der Waals surface area contributed by atoms with E-state index in [0.717, 1.165) is 16.8 Å². The van der Waals surface area contributed by atoms with Crippen LogP contribution in [-0.4, -0.2) is 27.6 Å². The first-order valence-electron chi connectivity index (χ1n) is 11.0. The summed E-state index contributed by atoms with van der Waals surface area (Å²) in [6, 6.07) is 21.7. The zero-order valence-corrected chi connectivity index (χ0v) is 18.7. The lowest BCUT2D eigenvalue weighted by atomic mass is 9.82. The molecule has 0 unspecified atom stereocenters.